The molecule has 20 heavy (non-hydrogen) atoms. The lowest BCUT2D eigenvalue weighted by Crippen LogP contribution is -2.19. The van der Waals surface area contributed by atoms with Gasteiger partial charge in [0.2, 0.25) is 0 Å². The van der Waals surface area contributed by atoms with Gasteiger partial charge in [0, 0.05) is 6.21 Å². The minimum Gasteiger partial charge on any atom is -0.480 e. The molecule has 0 aliphatic rings. The number of alkyl halides is 3. The predicted octanol–water partition coefficient (Wildman–Crippen LogP) is 2.32. The normalized spacial score (nSPS) is 13.6. The summed E-state index contributed by atoms with van der Waals surface area (Å²) in [4.78, 5) is 14.7. The SMILES string of the molecule is NCCCC(N=Cc1cccc(C(F)(F)F)c1)C(=O)O. The van der Waals surface area contributed by atoms with Crippen molar-refractivity contribution >= 4 is 12.2 Å². The maximum absolute atomic E-state index is 12.5. The zero-order chi connectivity index (χ0) is 15.2. The number of carboxylic acids is 1. The summed E-state index contributed by atoms with van der Waals surface area (Å²) in [5.74, 6) is -1.12. The zero-order valence-electron chi connectivity index (χ0n) is 10.6. The molecule has 1 unspecified atom stereocenters. The molecule has 0 radical (unpaired) electrons. The molecule has 1 rings (SSSR count). The second kappa shape index (κ2) is 7.04. The Balaban J connectivity index is 2.85. The molecule has 0 aromatic heterocycles. The van der Waals surface area contributed by atoms with E-state index in [1.54, 1.807) is 0 Å². The first kappa shape index (κ1) is 16.2. The number of halogens is 3. The molecule has 3 N–H and O–H groups in total. The fourth-order valence-electron chi connectivity index (χ4n) is 1.54. The molecule has 0 aliphatic carbocycles. The van der Waals surface area contributed by atoms with E-state index < -0.39 is 23.8 Å². The topological polar surface area (TPSA) is 75.7 Å². The van der Waals surface area contributed by atoms with Gasteiger partial charge in [-0.2, -0.15) is 13.2 Å². The van der Waals surface area contributed by atoms with Crippen LogP contribution in [0.25, 0.3) is 0 Å². The number of hydrogen-bond acceptors (Lipinski definition) is 3. The van der Waals surface area contributed by atoms with Crippen LogP contribution in [-0.4, -0.2) is 29.9 Å². The summed E-state index contributed by atoms with van der Waals surface area (Å²) < 4.78 is 37.5. The summed E-state index contributed by atoms with van der Waals surface area (Å²) in [6, 6.07) is 3.56. The molecule has 7 heteroatoms. The summed E-state index contributed by atoms with van der Waals surface area (Å²) in [6.07, 6.45) is -2.56. The average molecular weight is 288 g/mol. The first-order valence-electron chi connectivity index (χ1n) is 5.98. The Hall–Kier alpha value is -1.89. The first-order valence-corrected chi connectivity index (χ1v) is 5.98. The predicted molar refractivity (Wildman–Crippen MR) is 68.8 cm³/mol. The highest BCUT2D eigenvalue weighted by atomic mass is 19.4. The third-order valence-electron chi connectivity index (χ3n) is 2.58. The van der Waals surface area contributed by atoms with Crippen molar-refractivity contribution in [2.45, 2.75) is 25.1 Å². The number of carboxylic acid groups (broad SMARTS) is 1. The Morgan fingerprint density at radius 3 is 2.70 bits per heavy atom. The van der Waals surface area contributed by atoms with E-state index in [4.69, 9.17) is 10.8 Å². The van der Waals surface area contributed by atoms with Gasteiger partial charge >= 0.3 is 12.1 Å². The lowest BCUT2D eigenvalue weighted by atomic mass is 10.1. The Morgan fingerprint density at radius 2 is 2.15 bits per heavy atom. The molecule has 0 amide bonds. The number of aliphatic carboxylic acids is 1. The highest BCUT2D eigenvalue weighted by molar-refractivity contribution is 5.83. The van der Waals surface area contributed by atoms with Gasteiger partial charge in [0.1, 0.15) is 6.04 Å². The smallest absolute Gasteiger partial charge is 0.416 e. The van der Waals surface area contributed by atoms with E-state index in [-0.39, 0.29) is 12.0 Å². The fourth-order valence-corrected chi connectivity index (χ4v) is 1.54. The second-order valence-corrected chi connectivity index (χ2v) is 4.19. The third-order valence-corrected chi connectivity index (χ3v) is 2.58. The molecule has 0 fully saturated rings. The number of nitrogens with two attached hydrogens (primary N) is 1. The summed E-state index contributed by atoms with van der Waals surface area (Å²) >= 11 is 0. The molecule has 1 aromatic rings. The fraction of sp³-hybridized carbons (Fsp3) is 0.385. The standard InChI is InChI=1S/C13H15F3N2O2/c14-13(15,16)10-4-1-3-9(7-10)8-18-11(12(19)20)5-2-6-17/h1,3-4,7-8,11H,2,5-6,17H2,(H,19,20). The van der Waals surface area contributed by atoms with Crippen molar-refractivity contribution in [3.63, 3.8) is 0 Å². The van der Waals surface area contributed by atoms with Crippen molar-refractivity contribution < 1.29 is 23.1 Å². The highest BCUT2D eigenvalue weighted by Gasteiger charge is 2.30. The molecule has 0 saturated carbocycles. The van der Waals surface area contributed by atoms with Crippen LogP contribution in [0.4, 0.5) is 13.2 Å². The Labute approximate surface area is 114 Å². The van der Waals surface area contributed by atoms with Crippen molar-refractivity contribution in [2.75, 3.05) is 6.54 Å². The van der Waals surface area contributed by atoms with Gasteiger partial charge in [0.25, 0.3) is 0 Å². The van der Waals surface area contributed by atoms with Crippen LogP contribution in [0.1, 0.15) is 24.0 Å². The molecule has 0 saturated heterocycles. The monoisotopic (exact) mass is 288 g/mol. The molecule has 0 heterocycles. The molecule has 4 nitrogen and oxygen atoms in total. The van der Waals surface area contributed by atoms with Crippen LogP contribution in [0, 0.1) is 0 Å². The van der Waals surface area contributed by atoms with E-state index in [2.05, 4.69) is 4.99 Å². The third kappa shape index (κ3) is 5.00. The van der Waals surface area contributed by atoms with Crippen molar-refractivity contribution in [1.29, 1.82) is 0 Å². The van der Waals surface area contributed by atoms with Gasteiger partial charge in [0.05, 0.1) is 5.56 Å². The van der Waals surface area contributed by atoms with Crippen molar-refractivity contribution in [3.8, 4) is 0 Å². The van der Waals surface area contributed by atoms with Crippen molar-refractivity contribution in [2.24, 2.45) is 10.7 Å². The molecule has 0 aliphatic heterocycles. The van der Waals surface area contributed by atoms with Gasteiger partial charge in [-0.05, 0) is 37.1 Å². The molecule has 0 bridgehead atoms. The maximum Gasteiger partial charge on any atom is 0.416 e. The summed E-state index contributed by atoms with van der Waals surface area (Å²) in [7, 11) is 0. The minimum atomic E-state index is -4.43. The van der Waals surface area contributed by atoms with Gasteiger partial charge in [-0.3, -0.25) is 4.99 Å². The van der Waals surface area contributed by atoms with Gasteiger partial charge in [-0.15, -0.1) is 0 Å². The molecule has 1 aromatic carbocycles. The van der Waals surface area contributed by atoms with Gasteiger partial charge in [-0.1, -0.05) is 12.1 Å². The lowest BCUT2D eigenvalue weighted by Gasteiger charge is -2.08. The molecule has 0 spiro atoms. The maximum atomic E-state index is 12.5. The quantitative estimate of drug-likeness (QED) is 0.789. The number of hydrogen-bond donors (Lipinski definition) is 2. The van der Waals surface area contributed by atoms with E-state index in [9.17, 15) is 18.0 Å². The van der Waals surface area contributed by atoms with E-state index in [0.29, 0.717) is 13.0 Å². The molecular weight excluding hydrogens is 273 g/mol. The van der Waals surface area contributed by atoms with Crippen LogP contribution in [0.3, 0.4) is 0 Å². The van der Waals surface area contributed by atoms with Crippen molar-refractivity contribution in [3.05, 3.63) is 35.4 Å². The number of carbonyl (C=O) groups is 1. The second-order valence-electron chi connectivity index (χ2n) is 4.19. The number of nitrogens with zero attached hydrogens (tertiary/aromatic N) is 1. The zero-order valence-corrected chi connectivity index (χ0v) is 10.6. The summed E-state index contributed by atoms with van der Waals surface area (Å²) in [6.45, 7) is 0.336. The van der Waals surface area contributed by atoms with Crippen molar-refractivity contribution in [1.82, 2.24) is 0 Å². The van der Waals surface area contributed by atoms with Gasteiger partial charge in [-0.25, -0.2) is 4.79 Å². The van der Waals surface area contributed by atoms with Crippen LogP contribution >= 0.6 is 0 Å². The van der Waals surface area contributed by atoms with E-state index in [0.717, 1.165) is 18.3 Å². The highest BCUT2D eigenvalue weighted by Crippen LogP contribution is 2.29. The van der Waals surface area contributed by atoms with E-state index in [1.165, 1.54) is 12.1 Å². The van der Waals surface area contributed by atoms with Crippen LogP contribution in [0.15, 0.2) is 29.3 Å². The number of rotatable bonds is 6. The van der Waals surface area contributed by atoms with Crippen LogP contribution in [0.5, 0.6) is 0 Å². The Kier molecular flexibility index (Phi) is 5.69. The average Bonchev–Trinajstić information content (AvgIpc) is 2.37. The Morgan fingerprint density at radius 1 is 1.45 bits per heavy atom. The van der Waals surface area contributed by atoms with Gasteiger partial charge in [0.15, 0.2) is 0 Å². The van der Waals surface area contributed by atoms with Crippen LogP contribution < -0.4 is 5.73 Å². The first-order chi connectivity index (χ1) is 9.34. The Bertz CT molecular complexity index is 487. The summed E-state index contributed by atoms with van der Waals surface area (Å²) in [5, 5.41) is 8.93. The number of benzene rings is 1. The molecule has 110 valence electrons. The lowest BCUT2D eigenvalue weighted by molar-refractivity contribution is -0.139. The van der Waals surface area contributed by atoms with Gasteiger partial charge < -0.3 is 10.8 Å². The number of aliphatic imine (C=N–C) groups is 1. The summed E-state index contributed by atoms with van der Waals surface area (Å²) in [5.41, 5.74) is 4.69. The van der Waals surface area contributed by atoms with Crippen LogP contribution in [-0.2, 0) is 11.0 Å². The molecule has 1 atom stereocenters. The van der Waals surface area contributed by atoms with E-state index in [1.807, 2.05) is 0 Å². The molecular formula is C13H15F3N2O2. The largest absolute Gasteiger partial charge is 0.480 e. The minimum absolute atomic E-state index is 0.207. The van der Waals surface area contributed by atoms with E-state index >= 15 is 0 Å². The van der Waals surface area contributed by atoms with Crippen LogP contribution in [0.2, 0.25) is 0 Å².